The van der Waals surface area contributed by atoms with E-state index in [0.29, 0.717) is 30.0 Å². The van der Waals surface area contributed by atoms with Crippen LogP contribution in [0, 0.1) is 17.3 Å². The zero-order valence-corrected chi connectivity index (χ0v) is 38.1. The highest BCUT2D eigenvalue weighted by Gasteiger charge is 2.39. The van der Waals surface area contributed by atoms with E-state index in [-0.39, 0.29) is 5.78 Å². The molecule has 0 bridgehead atoms. The van der Waals surface area contributed by atoms with E-state index in [1.165, 1.54) is 86.5 Å². The lowest BCUT2D eigenvalue weighted by molar-refractivity contribution is -0.116. The van der Waals surface area contributed by atoms with E-state index in [0.717, 1.165) is 24.0 Å². The maximum absolute atomic E-state index is 11.6. The van der Waals surface area contributed by atoms with E-state index in [4.69, 9.17) is 9.47 Å². The Morgan fingerprint density at radius 3 is 1.90 bits per heavy atom. The number of Topliss-reactive ketones (excluding diaryl/α,β-unsaturated/α-hetero) is 1. The second-order valence-corrected chi connectivity index (χ2v) is 14.6. The van der Waals surface area contributed by atoms with Gasteiger partial charge in [0, 0.05) is 6.42 Å². The number of hydrogen-bond acceptors (Lipinski definition) is 3. The Hall–Kier alpha value is -2.13. The highest BCUT2D eigenvalue weighted by Crippen LogP contribution is 2.46. The third-order valence-corrected chi connectivity index (χ3v) is 9.01. The molecule has 52 heavy (non-hydrogen) atoms. The molecule has 0 aliphatic heterocycles. The van der Waals surface area contributed by atoms with Crippen molar-refractivity contribution in [3.05, 3.63) is 65.0 Å². The fourth-order valence-electron chi connectivity index (χ4n) is 6.89. The van der Waals surface area contributed by atoms with Crippen LogP contribution in [-0.4, -0.2) is 25.1 Å². The number of methoxy groups -OCH3 is 1. The van der Waals surface area contributed by atoms with Crippen molar-refractivity contribution in [1.29, 1.82) is 0 Å². The Labute approximate surface area is 326 Å². The van der Waals surface area contributed by atoms with E-state index in [9.17, 15) is 4.79 Å². The molecule has 0 spiro atoms. The molecule has 2 fully saturated rings. The maximum atomic E-state index is 11.6. The summed E-state index contributed by atoms with van der Waals surface area (Å²) in [4.78, 5) is 11.6. The van der Waals surface area contributed by atoms with Crippen LogP contribution >= 0.6 is 0 Å². The van der Waals surface area contributed by atoms with Crippen molar-refractivity contribution in [1.82, 2.24) is 0 Å². The summed E-state index contributed by atoms with van der Waals surface area (Å²) in [5.74, 6) is 3.32. The Morgan fingerprint density at radius 1 is 0.885 bits per heavy atom. The molecule has 4 rings (SSSR count). The molecule has 0 heterocycles. The minimum absolute atomic E-state index is 0.224. The molecule has 3 aliphatic rings. The van der Waals surface area contributed by atoms with Crippen molar-refractivity contribution in [2.45, 2.75) is 213 Å². The summed E-state index contributed by atoms with van der Waals surface area (Å²) >= 11 is 0. The number of hydrogen-bond donors (Lipinski definition) is 0. The first-order valence-corrected chi connectivity index (χ1v) is 21.9. The van der Waals surface area contributed by atoms with Crippen LogP contribution in [-0.2, 0) is 20.7 Å². The lowest BCUT2D eigenvalue weighted by Gasteiger charge is -2.44. The minimum Gasteiger partial charge on any atom is -0.497 e. The van der Waals surface area contributed by atoms with Gasteiger partial charge in [-0.05, 0) is 109 Å². The van der Waals surface area contributed by atoms with Crippen molar-refractivity contribution in [2.75, 3.05) is 7.11 Å². The number of carbonyl (C=O) groups excluding carboxylic acids is 1. The summed E-state index contributed by atoms with van der Waals surface area (Å²) in [5.41, 5.74) is 5.46. The molecule has 1 aromatic carbocycles. The van der Waals surface area contributed by atoms with Crippen molar-refractivity contribution >= 4 is 11.4 Å². The van der Waals surface area contributed by atoms with Gasteiger partial charge < -0.3 is 9.47 Å². The summed E-state index contributed by atoms with van der Waals surface area (Å²) < 4.78 is 11.9. The molecular formula is C49H90O3. The average molecular weight is 727 g/mol. The van der Waals surface area contributed by atoms with Crippen LogP contribution in [0.2, 0.25) is 0 Å². The molecule has 0 N–H and O–H groups in total. The first-order chi connectivity index (χ1) is 25.0. The molecular weight excluding hydrogens is 637 g/mol. The van der Waals surface area contributed by atoms with Gasteiger partial charge in [0.1, 0.15) is 11.5 Å². The van der Waals surface area contributed by atoms with Crippen LogP contribution in [0.1, 0.15) is 211 Å². The summed E-state index contributed by atoms with van der Waals surface area (Å²) in [6.45, 7) is 35.9. The molecule has 0 unspecified atom stereocenters. The molecule has 2 atom stereocenters. The Bertz CT molecular complexity index is 1080. The molecule has 0 amide bonds. The Morgan fingerprint density at radius 2 is 1.44 bits per heavy atom. The van der Waals surface area contributed by atoms with Crippen LogP contribution in [0.15, 0.2) is 48.3 Å². The monoisotopic (exact) mass is 727 g/mol. The second kappa shape index (κ2) is 33.4. The molecule has 0 aromatic heterocycles. The molecule has 0 saturated heterocycles. The summed E-state index contributed by atoms with van der Waals surface area (Å²) in [5, 5.41) is 0. The SMILES string of the molecule is CC.CC.CC.CC.CC(C)C.CCCC(CCC)O[C@H]1CCCC(C)(C)[C@@H]1CC.COC1=CCC=CC(c2cccc(CC(C)=O)c2C2CC2)=C1. The van der Waals surface area contributed by atoms with Crippen LogP contribution < -0.4 is 0 Å². The number of allylic oxidation sites excluding steroid dienone is 5. The normalized spacial score (nSPS) is 18.2. The molecule has 2 saturated carbocycles. The number of ether oxygens (including phenoxy) is 2. The van der Waals surface area contributed by atoms with Gasteiger partial charge in [-0.15, -0.1) is 0 Å². The van der Waals surface area contributed by atoms with E-state index in [2.05, 4.69) is 97.9 Å². The van der Waals surface area contributed by atoms with Gasteiger partial charge >= 0.3 is 0 Å². The largest absolute Gasteiger partial charge is 0.497 e. The van der Waals surface area contributed by atoms with Crippen LogP contribution in [0.3, 0.4) is 0 Å². The van der Waals surface area contributed by atoms with Crippen LogP contribution in [0.25, 0.3) is 5.57 Å². The van der Waals surface area contributed by atoms with E-state index < -0.39 is 0 Å². The number of rotatable bonds is 12. The highest BCUT2D eigenvalue weighted by atomic mass is 16.5. The van der Waals surface area contributed by atoms with Gasteiger partial charge in [-0.1, -0.05) is 167 Å². The van der Waals surface area contributed by atoms with Crippen LogP contribution in [0.4, 0.5) is 0 Å². The van der Waals surface area contributed by atoms with Crippen molar-refractivity contribution in [2.24, 2.45) is 17.3 Å². The number of carbonyl (C=O) groups is 1. The fourth-order valence-corrected chi connectivity index (χ4v) is 6.89. The molecule has 3 nitrogen and oxygen atoms in total. The predicted octanol–water partition coefficient (Wildman–Crippen LogP) is 15.9. The zero-order chi connectivity index (χ0) is 40.7. The number of benzene rings is 1. The first-order valence-electron chi connectivity index (χ1n) is 21.9. The molecule has 304 valence electrons. The molecule has 3 aliphatic carbocycles. The highest BCUT2D eigenvalue weighted by molar-refractivity contribution is 5.82. The summed E-state index contributed by atoms with van der Waals surface area (Å²) in [6, 6.07) is 6.34. The topological polar surface area (TPSA) is 35.5 Å². The molecule has 3 heteroatoms. The average Bonchev–Trinajstić information content (AvgIpc) is 3.99. The van der Waals surface area contributed by atoms with Gasteiger partial charge in [-0.25, -0.2) is 0 Å². The van der Waals surface area contributed by atoms with Gasteiger partial charge in [0.05, 0.1) is 19.3 Å². The van der Waals surface area contributed by atoms with Gasteiger partial charge in [-0.3, -0.25) is 4.79 Å². The van der Waals surface area contributed by atoms with E-state index in [1.807, 2.05) is 55.4 Å². The van der Waals surface area contributed by atoms with Gasteiger partial charge in [-0.2, -0.15) is 0 Å². The van der Waals surface area contributed by atoms with Crippen molar-refractivity contribution in [3.63, 3.8) is 0 Å². The second-order valence-electron chi connectivity index (χ2n) is 14.6. The first kappa shape index (κ1) is 54.2. The molecule has 1 aromatic rings. The smallest absolute Gasteiger partial charge is 0.134 e. The van der Waals surface area contributed by atoms with Gasteiger partial charge in [0.2, 0.25) is 0 Å². The lowest BCUT2D eigenvalue weighted by atomic mass is 9.66. The quantitative estimate of drug-likeness (QED) is 0.215. The molecule has 0 radical (unpaired) electrons. The summed E-state index contributed by atoms with van der Waals surface area (Å²) in [6.07, 6.45) is 23.6. The van der Waals surface area contributed by atoms with Crippen molar-refractivity contribution < 1.29 is 14.3 Å². The Balaban J connectivity index is -0.000000721. The van der Waals surface area contributed by atoms with E-state index in [1.54, 1.807) is 14.0 Å². The zero-order valence-electron chi connectivity index (χ0n) is 38.1. The Kier molecular flexibility index (Phi) is 34.9. The summed E-state index contributed by atoms with van der Waals surface area (Å²) in [7, 11) is 1.71. The maximum Gasteiger partial charge on any atom is 0.134 e. The van der Waals surface area contributed by atoms with Crippen LogP contribution in [0.5, 0.6) is 0 Å². The van der Waals surface area contributed by atoms with E-state index >= 15 is 0 Å². The predicted molar refractivity (Wildman–Crippen MR) is 235 cm³/mol. The third-order valence-electron chi connectivity index (χ3n) is 9.01. The fraction of sp³-hybridized carbons (Fsp3) is 0.735. The van der Waals surface area contributed by atoms with Gasteiger partial charge in [0.15, 0.2) is 0 Å². The number of ketones is 1. The lowest BCUT2D eigenvalue weighted by Crippen LogP contribution is -2.41. The van der Waals surface area contributed by atoms with Gasteiger partial charge in [0.25, 0.3) is 0 Å². The third kappa shape index (κ3) is 22.2. The standard InChI is InChI=1S/C20H22O2.C17H34O.C4H10.4C2H6/c1-14(21)12-17-7-5-9-19(20(17)15-10-11-15)16-6-3-4-8-18(13-16)22-2;1-6-10-14(11-7-2)18-16-12-9-13-17(4,5)15(16)8-3;1-4(2)3;4*1-2/h3,5-9,13,15H,4,10-12H2,1-2H3;14-16H,6-13H2,1-5H3;4H,1-3H3;4*1-2H3/t;15-,16+;;;;;/m.1...../s1. The van der Waals surface area contributed by atoms with Crippen molar-refractivity contribution in [3.8, 4) is 0 Å². The minimum atomic E-state index is 0.224.